The van der Waals surface area contributed by atoms with Gasteiger partial charge >= 0.3 is 0 Å². The summed E-state index contributed by atoms with van der Waals surface area (Å²) in [6.45, 7) is 3.63. The Hall–Kier alpha value is -1.98. The van der Waals surface area contributed by atoms with Crippen LogP contribution in [-0.4, -0.2) is 75.5 Å². The number of benzene rings is 2. The number of anilines is 1. The van der Waals surface area contributed by atoms with E-state index in [2.05, 4.69) is 0 Å². The fraction of sp³-hybridized carbons (Fsp3) is 0.417. The van der Waals surface area contributed by atoms with Crippen molar-refractivity contribution in [3.8, 4) is 0 Å². The lowest BCUT2D eigenvalue weighted by atomic mass is 10.2. The number of nitrogens with zero attached hydrogens (tertiary/aromatic N) is 4. The van der Waals surface area contributed by atoms with Gasteiger partial charge in [0.2, 0.25) is 10.0 Å². The van der Waals surface area contributed by atoms with Crippen molar-refractivity contribution in [2.75, 3.05) is 51.9 Å². The summed E-state index contributed by atoms with van der Waals surface area (Å²) in [6, 6.07) is 12.2. The van der Waals surface area contributed by atoms with Gasteiger partial charge in [0.15, 0.2) is 5.13 Å². The van der Waals surface area contributed by atoms with Crippen molar-refractivity contribution in [2.45, 2.75) is 29.6 Å². The number of likely N-dealkylation sites (N-methyl/N-ethyl adjacent to an activating group) is 1. The van der Waals surface area contributed by atoms with Crippen LogP contribution >= 0.6 is 23.1 Å². The summed E-state index contributed by atoms with van der Waals surface area (Å²) >= 11 is 3.12. The summed E-state index contributed by atoms with van der Waals surface area (Å²) in [4.78, 5) is 23.3. The van der Waals surface area contributed by atoms with Gasteiger partial charge in [-0.25, -0.2) is 17.7 Å². The summed E-state index contributed by atoms with van der Waals surface area (Å²) < 4.78 is 28.0. The summed E-state index contributed by atoms with van der Waals surface area (Å²) in [5.74, 6) is -0.199. The highest BCUT2D eigenvalue weighted by Crippen LogP contribution is 2.34. The Morgan fingerprint density at radius 3 is 2.35 bits per heavy atom. The Morgan fingerprint density at radius 2 is 1.74 bits per heavy atom. The maximum absolute atomic E-state index is 13.5. The number of thiazole rings is 1. The van der Waals surface area contributed by atoms with Crippen LogP contribution in [0.5, 0.6) is 0 Å². The minimum absolute atomic E-state index is 0.187. The molecule has 0 saturated carbocycles. The molecule has 1 aromatic heterocycles. The van der Waals surface area contributed by atoms with E-state index in [1.807, 2.05) is 50.4 Å². The first-order chi connectivity index (χ1) is 16.2. The number of aromatic nitrogens is 1. The van der Waals surface area contributed by atoms with Crippen LogP contribution in [0.2, 0.25) is 0 Å². The highest BCUT2D eigenvalue weighted by Gasteiger charge is 2.24. The normalized spacial score (nSPS) is 12.1. The molecule has 1 amide bonds. The van der Waals surface area contributed by atoms with Crippen LogP contribution < -0.4 is 4.90 Å². The molecule has 0 aliphatic heterocycles. The van der Waals surface area contributed by atoms with E-state index in [1.165, 1.54) is 27.8 Å². The van der Waals surface area contributed by atoms with Gasteiger partial charge in [-0.3, -0.25) is 9.69 Å². The molecule has 3 rings (SSSR count). The molecule has 0 aliphatic rings. The van der Waals surface area contributed by atoms with Crippen LogP contribution in [0.4, 0.5) is 5.13 Å². The number of unbranched alkanes of at least 4 members (excludes halogenated alkanes) is 1. The molecule has 34 heavy (non-hydrogen) atoms. The number of amides is 1. The molecule has 0 spiro atoms. The SMILES string of the molecule is CCCCN(C)S(=O)(=O)c1ccc(C(=O)N(CCN(C)C)c2nc3c(SC)cccc3s2)cc1. The third-order valence-corrected chi connectivity index (χ3v) is 9.16. The number of fused-ring (bicyclic) bond motifs is 1. The van der Waals surface area contributed by atoms with Gasteiger partial charge in [-0.05, 0) is 63.2 Å². The number of hydrogen-bond donors (Lipinski definition) is 0. The smallest absolute Gasteiger partial charge is 0.260 e. The lowest BCUT2D eigenvalue weighted by molar-refractivity contribution is 0.0985. The minimum atomic E-state index is -3.58. The molecular formula is C24H32N4O3S3. The molecule has 0 aliphatic carbocycles. The molecule has 0 N–H and O–H groups in total. The van der Waals surface area contributed by atoms with E-state index in [-0.39, 0.29) is 10.8 Å². The molecule has 0 saturated heterocycles. The second kappa shape index (κ2) is 11.6. The van der Waals surface area contributed by atoms with E-state index in [0.29, 0.717) is 30.3 Å². The van der Waals surface area contributed by atoms with Gasteiger partial charge in [0.1, 0.15) is 0 Å². The zero-order valence-electron chi connectivity index (χ0n) is 20.3. The van der Waals surface area contributed by atoms with Crippen LogP contribution in [0.25, 0.3) is 10.2 Å². The van der Waals surface area contributed by atoms with Gasteiger partial charge in [0.25, 0.3) is 5.91 Å². The number of para-hydroxylation sites is 1. The molecule has 0 fully saturated rings. The Balaban J connectivity index is 1.91. The molecule has 0 radical (unpaired) electrons. The zero-order valence-corrected chi connectivity index (χ0v) is 22.8. The maximum Gasteiger partial charge on any atom is 0.260 e. The van der Waals surface area contributed by atoms with Crippen LogP contribution in [0, 0.1) is 0 Å². The lowest BCUT2D eigenvalue weighted by Gasteiger charge is -2.22. The molecule has 0 unspecified atom stereocenters. The topological polar surface area (TPSA) is 73.8 Å². The van der Waals surface area contributed by atoms with E-state index < -0.39 is 10.0 Å². The number of carbonyl (C=O) groups is 1. The van der Waals surface area contributed by atoms with Gasteiger partial charge in [-0.2, -0.15) is 0 Å². The monoisotopic (exact) mass is 520 g/mol. The van der Waals surface area contributed by atoms with Crippen molar-refractivity contribution < 1.29 is 13.2 Å². The number of sulfonamides is 1. The second-order valence-corrected chi connectivity index (χ2v) is 12.2. The van der Waals surface area contributed by atoms with Crippen molar-refractivity contribution in [2.24, 2.45) is 0 Å². The standard InChI is InChI=1S/C24H32N4O3S3/c1-6-7-15-27(4)34(30,31)19-13-11-18(12-14-19)23(29)28(17-16-26(2)3)24-25-22-20(32-5)9-8-10-21(22)33-24/h8-14H,6-7,15-17H2,1-5H3. The van der Waals surface area contributed by atoms with E-state index in [1.54, 1.807) is 35.8 Å². The summed E-state index contributed by atoms with van der Waals surface area (Å²) in [7, 11) is 1.92. The van der Waals surface area contributed by atoms with Crippen molar-refractivity contribution >= 4 is 54.4 Å². The third kappa shape index (κ3) is 5.98. The van der Waals surface area contributed by atoms with Crippen LogP contribution in [0.1, 0.15) is 30.1 Å². The van der Waals surface area contributed by atoms with Crippen molar-refractivity contribution in [3.05, 3.63) is 48.0 Å². The number of carbonyl (C=O) groups excluding carboxylic acids is 1. The second-order valence-electron chi connectivity index (χ2n) is 8.27. The minimum Gasteiger partial charge on any atom is -0.308 e. The van der Waals surface area contributed by atoms with Crippen molar-refractivity contribution in [3.63, 3.8) is 0 Å². The molecule has 0 atom stereocenters. The fourth-order valence-corrected chi connectivity index (χ4v) is 6.24. The van der Waals surface area contributed by atoms with Gasteiger partial charge in [0.05, 0.1) is 15.1 Å². The zero-order chi connectivity index (χ0) is 24.9. The number of rotatable bonds is 11. The largest absolute Gasteiger partial charge is 0.308 e. The highest BCUT2D eigenvalue weighted by atomic mass is 32.2. The first-order valence-corrected chi connectivity index (χ1v) is 14.6. The highest BCUT2D eigenvalue weighted by molar-refractivity contribution is 7.98. The van der Waals surface area contributed by atoms with E-state index in [0.717, 1.165) is 28.0 Å². The molecule has 0 bridgehead atoms. The number of hydrogen-bond acceptors (Lipinski definition) is 7. The van der Waals surface area contributed by atoms with Gasteiger partial charge in [-0.15, -0.1) is 11.8 Å². The average Bonchev–Trinajstić information content (AvgIpc) is 3.26. The summed E-state index contributed by atoms with van der Waals surface area (Å²) in [5, 5.41) is 0.638. The molecule has 3 aromatic rings. The van der Waals surface area contributed by atoms with Gasteiger partial charge in [0, 0.05) is 37.1 Å². The fourth-order valence-electron chi connectivity index (χ4n) is 3.38. The van der Waals surface area contributed by atoms with Crippen molar-refractivity contribution in [1.29, 1.82) is 0 Å². The van der Waals surface area contributed by atoms with E-state index >= 15 is 0 Å². The van der Waals surface area contributed by atoms with E-state index in [9.17, 15) is 13.2 Å². The Kier molecular flexibility index (Phi) is 9.11. The maximum atomic E-state index is 13.5. The predicted octanol–water partition coefficient (Wildman–Crippen LogP) is 4.65. The average molecular weight is 521 g/mol. The molecule has 184 valence electrons. The van der Waals surface area contributed by atoms with Gasteiger partial charge < -0.3 is 4.90 Å². The summed E-state index contributed by atoms with van der Waals surface area (Å²) in [6.07, 6.45) is 3.73. The van der Waals surface area contributed by atoms with Crippen LogP contribution in [0.3, 0.4) is 0 Å². The Morgan fingerprint density at radius 1 is 1.03 bits per heavy atom. The van der Waals surface area contributed by atoms with Crippen LogP contribution in [0.15, 0.2) is 52.3 Å². The lowest BCUT2D eigenvalue weighted by Crippen LogP contribution is -2.36. The summed E-state index contributed by atoms with van der Waals surface area (Å²) in [5.41, 5.74) is 1.33. The molecular weight excluding hydrogens is 488 g/mol. The van der Waals surface area contributed by atoms with Crippen LogP contribution in [-0.2, 0) is 10.0 Å². The Labute approximate surface area is 210 Å². The molecule has 7 nitrogen and oxygen atoms in total. The molecule has 2 aromatic carbocycles. The third-order valence-electron chi connectivity index (χ3n) is 5.47. The van der Waals surface area contributed by atoms with E-state index in [4.69, 9.17) is 4.98 Å². The quantitative estimate of drug-likeness (QED) is 0.343. The van der Waals surface area contributed by atoms with Gasteiger partial charge in [-0.1, -0.05) is 30.7 Å². The molecule has 1 heterocycles. The number of thioether (sulfide) groups is 1. The molecule has 10 heteroatoms. The predicted molar refractivity (Wildman–Crippen MR) is 143 cm³/mol. The Bertz CT molecular complexity index is 1220. The van der Waals surface area contributed by atoms with Crippen molar-refractivity contribution in [1.82, 2.24) is 14.2 Å². The first kappa shape index (κ1) is 26.6. The first-order valence-electron chi connectivity index (χ1n) is 11.2.